The molecule has 0 spiro atoms. The third-order valence-electron chi connectivity index (χ3n) is 4.31. The lowest BCUT2D eigenvalue weighted by Gasteiger charge is -2.37. The summed E-state index contributed by atoms with van der Waals surface area (Å²) in [5.74, 6) is 0. The molecular formula is C13H27N3. The molecule has 1 N–H and O–H groups in total. The minimum absolute atomic E-state index is 0.725. The topological polar surface area (TPSA) is 18.5 Å². The molecule has 0 saturated carbocycles. The zero-order valence-electron chi connectivity index (χ0n) is 10.9. The Balaban J connectivity index is 1.72. The summed E-state index contributed by atoms with van der Waals surface area (Å²) in [6.45, 7) is 8.51. The number of nitrogens with one attached hydrogen (secondary N) is 1. The second-order valence-electron chi connectivity index (χ2n) is 5.51. The zero-order chi connectivity index (χ0) is 11.4. The Hall–Kier alpha value is -0.120. The maximum atomic E-state index is 3.46. The maximum Gasteiger partial charge on any atom is 0.0192 e. The van der Waals surface area contributed by atoms with Gasteiger partial charge in [-0.25, -0.2) is 0 Å². The molecule has 0 aromatic carbocycles. The smallest absolute Gasteiger partial charge is 0.0192 e. The van der Waals surface area contributed by atoms with Gasteiger partial charge in [-0.15, -0.1) is 0 Å². The van der Waals surface area contributed by atoms with Gasteiger partial charge in [-0.05, 0) is 39.8 Å². The number of likely N-dealkylation sites (tertiary alicyclic amines) is 1. The molecule has 0 aromatic rings. The first-order valence-electron chi connectivity index (χ1n) is 6.92. The molecule has 2 heterocycles. The fourth-order valence-corrected chi connectivity index (χ4v) is 3.04. The van der Waals surface area contributed by atoms with Crippen molar-refractivity contribution in [3.05, 3.63) is 0 Å². The van der Waals surface area contributed by atoms with Gasteiger partial charge in [0, 0.05) is 38.3 Å². The van der Waals surface area contributed by atoms with Gasteiger partial charge in [0.1, 0.15) is 0 Å². The molecule has 0 aliphatic carbocycles. The van der Waals surface area contributed by atoms with Crippen LogP contribution >= 0.6 is 0 Å². The van der Waals surface area contributed by atoms with E-state index in [9.17, 15) is 0 Å². The van der Waals surface area contributed by atoms with Crippen molar-refractivity contribution in [2.75, 3.05) is 39.8 Å². The largest absolute Gasteiger partial charge is 0.314 e. The van der Waals surface area contributed by atoms with Crippen LogP contribution in [0.2, 0.25) is 0 Å². The van der Waals surface area contributed by atoms with Crippen LogP contribution in [-0.2, 0) is 0 Å². The molecule has 2 saturated heterocycles. The standard InChI is InChI=1S/C13H27N3/c1-12-11-14-7-10-16(12)9-6-13-5-3-4-8-15(13)2/h12-14H,3-11H2,1-2H3. The van der Waals surface area contributed by atoms with E-state index in [4.69, 9.17) is 0 Å². The first-order chi connectivity index (χ1) is 7.77. The molecule has 0 aromatic heterocycles. The molecule has 0 radical (unpaired) electrons. The first kappa shape index (κ1) is 12.3. The lowest BCUT2D eigenvalue weighted by atomic mass is 9.99. The molecule has 3 heteroatoms. The van der Waals surface area contributed by atoms with Crippen molar-refractivity contribution in [3.8, 4) is 0 Å². The van der Waals surface area contributed by atoms with Crippen LogP contribution < -0.4 is 5.32 Å². The number of hydrogen-bond donors (Lipinski definition) is 1. The maximum absolute atomic E-state index is 3.46. The van der Waals surface area contributed by atoms with Gasteiger partial charge >= 0.3 is 0 Å². The Kier molecular flexibility index (Phi) is 4.62. The second kappa shape index (κ2) is 5.99. The second-order valence-corrected chi connectivity index (χ2v) is 5.51. The van der Waals surface area contributed by atoms with E-state index in [0.717, 1.165) is 12.1 Å². The zero-order valence-corrected chi connectivity index (χ0v) is 10.9. The van der Waals surface area contributed by atoms with Gasteiger partial charge in [-0.2, -0.15) is 0 Å². The number of piperidine rings is 1. The highest BCUT2D eigenvalue weighted by atomic mass is 15.2. The fraction of sp³-hybridized carbons (Fsp3) is 1.00. The summed E-state index contributed by atoms with van der Waals surface area (Å²) in [4.78, 5) is 5.22. The van der Waals surface area contributed by atoms with Crippen LogP contribution in [0, 0.1) is 0 Å². The lowest BCUT2D eigenvalue weighted by molar-refractivity contribution is 0.126. The van der Waals surface area contributed by atoms with Crippen molar-refractivity contribution in [2.24, 2.45) is 0 Å². The van der Waals surface area contributed by atoms with E-state index in [2.05, 4.69) is 29.1 Å². The van der Waals surface area contributed by atoms with Gasteiger partial charge in [-0.1, -0.05) is 6.42 Å². The van der Waals surface area contributed by atoms with Crippen LogP contribution in [0.5, 0.6) is 0 Å². The van der Waals surface area contributed by atoms with Gasteiger partial charge in [0.15, 0.2) is 0 Å². The molecule has 2 atom stereocenters. The van der Waals surface area contributed by atoms with Crippen molar-refractivity contribution < 1.29 is 0 Å². The molecule has 2 unspecified atom stereocenters. The number of hydrogen-bond acceptors (Lipinski definition) is 3. The van der Waals surface area contributed by atoms with E-state index in [-0.39, 0.29) is 0 Å². The van der Waals surface area contributed by atoms with Gasteiger partial charge in [0.2, 0.25) is 0 Å². The monoisotopic (exact) mass is 225 g/mol. The molecule has 2 aliphatic rings. The van der Waals surface area contributed by atoms with E-state index in [1.54, 1.807) is 0 Å². The third kappa shape index (κ3) is 3.19. The van der Waals surface area contributed by atoms with Gasteiger partial charge in [-0.3, -0.25) is 4.90 Å². The van der Waals surface area contributed by atoms with Crippen LogP contribution in [0.3, 0.4) is 0 Å². The van der Waals surface area contributed by atoms with Crippen molar-refractivity contribution in [1.82, 2.24) is 15.1 Å². The Morgan fingerprint density at radius 1 is 1.25 bits per heavy atom. The summed E-state index contributed by atoms with van der Waals surface area (Å²) >= 11 is 0. The van der Waals surface area contributed by atoms with E-state index in [0.29, 0.717) is 0 Å². The number of piperazine rings is 1. The van der Waals surface area contributed by atoms with E-state index in [1.807, 2.05) is 0 Å². The Morgan fingerprint density at radius 2 is 2.12 bits per heavy atom. The minimum atomic E-state index is 0.725. The molecule has 2 rings (SSSR count). The van der Waals surface area contributed by atoms with Gasteiger partial charge < -0.3 is 10.2 Å². The summed E-state index contributed by atoms with van der Waals surface area (Å²) in [6, 6.07) is 1.57. The fourth-order valence-electron chi connectivity index (χ4n) is 3.04. The molecule has 2 aliphatic heterocycles. The summed E-state index contributed by atoms with van der Waals surface area (Å²) in [6.07, 6.45) is 5.61. The number of rotatable bonds is 3. The average Bonchev–Trinajstić information content (AvgIpc) is 2.30. The van der Waals surface area contributed by atoms with Gasteiger partial charge in [0.05, 0.1) is 0 Å². The predicted octanol–water partition coefficient (Wildman–Crippen LogP) is 1.15. The highest BCUT2D eigenvalue weighted by Gasteiger charge is 2.22. The quantitative estimate of drug-likeness (QED) is 0.777. The SMILES string of the molecule is CC1CNCCN1CCC1CCCCN1C. The summed E-state index contributed by atoms with van der Waals surface area (Å²) in [5, 5.41) is 3.46. The van der Waals surface area contributed by atoms with Crippen LogP contribution in [0.15, 0.2) is 0 Å². The Morgan fingerprint density at radius 3 is 2.88 bits per heavy atom. The third-order valence-corrected chi connectivity index (χ3v) is 4.31. The normalized spacial score (nSPS) is 34.1. The summed E-state index contributed by atoms with van der Waals surface area (Å²) in [7, 11) is 2.30. The number of nitrogens with zero attached hydrogens (tertiary/aromatic N) is 2. The Bertz CT molecular complexity index is 185. The van der Waals surface area contributed by atoms with Gasteiger partial charge in [0.25, 0.3) is 0 Å². The average molecular weight is 225 g/mol. The molecule has 0 amide bonds. The van der Waals surface area contributed by atoms with Crippen LogP contribution in [0.4, 0.5) is 0 Å². The van der Waals surface area contributed by atoms with Crippen molar-refractivity contribution >= 4 is 0 Å². The molecule has 94 valence electrons. The molecule has 3 nitrogen and oxygen atoms in total. The highest BCUT2D eigenvalue weighted by molar-refractivity contribution is 4.80. The van der Waals surface area contributed by atoms with E-state index < -0.39 is 0 Å². The van der Waals surface area contributed by atoms with Crippen LogP contribution in [-0.4, -0.2) is 61.7 Å². The van der Waals surface area contributed by atoms with Crippen molar-refractivity contribution in [1.29, 1.82) is 0 Å². The van der Waals surface area contributed by atoms with Crippen LogP contribution in [0.1, 0.15) is 32.6 Å². The Labute approximate surface area is 100 Å². The summed E-state index contributed by atoms with van der Waals surface area (Å²) in [5.41, 5.74) is 0. The molecule has 2 fully saturated rings. The van der Waals surface area contributed by atoms with E-state index >= 15 is 0 Å². The predicted molar refractivity (Wildman–Crippen MR) is 68.8 cm³/mol. The molecular weight excluding hydrogens is 198 g/mol. The highest BCUT2D eigenvalue weighted by Crippen LogP contribution is 2.18. The first-order valence-corrected chi connectivity index (χ1v) is 6.92. The van der Waals surface area contributed by atoms with Crippen molar-refractivity contribution in [3.63, 3.8) is 0 Å². The minimum Gasteiger partial charge on any atom is -0.314 e. The molecule has 16 heavy (non-hydrogen) atoms. The summed E-state index contributed by atoms with van der Waals surface area (Å²) < 4.78 is 0. The van der Waals surface area contributed by atoms with Crippen LogP contribution in [0.25, 0.3) is 0 Å². The molecule has 0 bridgehead atoms. The van der Waals surface area contributed by atoms with Crippen molar-refractivity contribution in [2.45, 2.75) is 44.7 Å². The lowest BCUT2D eigenvalue weighted by Crippen LogP contribution is -2.51. The van der Waals surface area contributed by atoms with E-state index in [1.165, 1.54) is 58.4 Å².